The molecule has 0 unspecified atom stereocenters. The highest BCUT2D eigenvalue weighted by molar-refractivity contribution is 6.43. The molecule has 5 rings (SSSR count). The van der Waals surface area contributed by atoms with Crippen LogP contribution in [0.2, 0.25) is 20.1 Å². The smallest absolute Gasteiger partial charge is 0.252 e. The van der Waals surface area contributed by atoms with Crippen molar-refractivity contribution in [3.05, 3.63) is 97.5 Å². The second-order valence-corrected chi connectivity index (χ2v) is 12.4. The van der Waals surface area contributed by atoms with Crippen LogP contribution in [-0.2, 0) is 16.1 Å². The number of ether oxygens (including phenoxy) is 2. The maximum atomic E-state index is 14.2. The predicted molar refractivity (Wildman–Crippen MR) is 176 cm³/mol. The van der Waals surface area contributed by atoms with Crippen LogP contribution in [0, 0.1) is 0 Å². The maximum Gasteiger partial charge on any atom is 0.252 e. The van der Waals surface area contributed by atoms with Gasteiger partial charge in [-0.15, -0.1) is 0 Å². The summed E-state index contributed by atoms with van der Waals surface area (Å²) in [6.07, 6.45) is 0.615. The second-order valence-electron chi connectivity index (χ2n) is 10.8. The molecule has 44 heavy (non-hydrogen) atoms. The number of piperazine rings is 1. The van der Waals surface area contributed by atoms with Gasteiger partial charge in [0.25, 0.3) is 5.91 Å². The zero-order valence-electron chi connectivity index (χ0n) is 24.4. The SMILES string of the molecule is CCN(Cc1ccccc1Cl)C(=O)C1=C(c2ccc(OCCOc3cc(Cl)c(Cl)cc3Cl)cc2)C[C@@H]2CN(C(C)=O)C[C@H]1N2. The number of hydrogen-bond acceptors (Lipinski definition) is 5. The minimum atomic E-state index is -0.282. The Bertz CT molecular complexity index is 1560. The summed E-state index contributed by atoms with van der Waals surface area (Å²) in [5, 5.41) is 5.31. The summed E-state index contributed by atoms with van der Waals surface area (Å²) in [6, 6.07) is 18.2. The molecule has 1 saturated heterocycles. The number of fused-ring (bicyclic) bond motifs is 2. The van der Waals surface area contributed by atoms with Gasteiger partial charge in [0.15, 0.2) is 0 Å². The monoisotopic (exact) mass is 675 g/mol. The largest absolute Gasteiger partial charge is 0.490 e. The molecule has 1 fully saturated rings. The van der Waals surface area contributed by atoms with Crippen molar-refractivity contribution in [1.29, 1.82) is 0 Å². The average molecular weight is 677 g/mol. The highest BCUT2D eigenvalue weighted by Crippen LogP contribution is 2.36. The molecule has 2 aliphatic heterocycles. The number of carbonyl (C=O) groups excluding carboxylic acids is 2. The Morgan fingerprint density at radius 2 is 1.61 bits per heavy atom. The van der Waals surface area contributed by atoms with E-state index in [4.69, 9.17) is 55.9 Å². The average Bonchev–Trinajstić information content (AvgIpc) is 3.01. The number of rotatable bonds is 10. The Balaban J connectivity index is 1.35. The molecule has 0 radical (unpaired) electrons. The lowest BCUT2D eigenvalue weighted by molar-refractivity contribution is -0.132. The molecule has 0 spiro atoms. The molecule has 2 bridgehead atoms. The van der Waals surface area contributed by atoms with Crippen LogP contribution in [0.1, 0.15) is 31.4 Å². The third kappa shape index (κ3) is 7.47. The molecule has 0 aliphatic carbocycles. The van der Waals surface area contributed by atoms with E-state index in [-0.39, 0.29) is 37.1 Å². The number of amides is 2. The Labute approximate surface area is 277 Å². The van der Waals surface area contributed by atoms with Crippen LogP contribution in [0.25, 0.3) is 5.57 Å². The van der Waals surface area contributed by atoms with Gasteiger partial charge in [0.05, 0.1) is 21.1 Å². The first-order valence-corrected chi connectivity index (χ1v) is 15.9. The Kier molecular flexibility index (Phi) is 10.7. The van der Waals surface area contributed by atoms with Crippen LogP contribution in [0.4, 0.5) is 0 Å². The number of benzene rings is 3. The van der Waals surface area contributed by atoms with Crippen LogP contribution in [0.15, 0.2) is 66.2 Å². The molecular weight excluding hydrogens is 644 g/mol. The molecule has 11 heteroatoms. The molecule has 2 atom stereocenters. The summed E-state index contributed by atoms with van der Waals surface area (Å²) in [5.41, 5.74) is 3.49. The van der Waals surface area contributed by atoms with Crippen molar-refractivity contribution in [3.8, 4) is 11.5 Å². The van der Waals surface area contributed by atoms with E-state index in [1.165, 1.54) is 6.07 Å². The van der Waals surface area contributed by atoms with Crippen molar-refractivity contribution in [2.24, 2.45) is 0 Å². The fraction of sp³-hybridized carbons (Fsp3) is 0.333. The van der Waals surface area contributed by atoms with Gasteiger partial charge in [0, 0.05) is 55.8 Å². The lowest BCUT2D eigenvalue weighted by atomic mass is 9.83. The van der Waals surface area contributed by atoms with Gasteiger partial charge in [0.1, 0.15) is 24.7 Å². The van der Waals surface area contributed by atoms with E-state index in [9.17, 15) is 9.59 Å². The van der Waals surface area contributed by atoms with Gasteiger partial charge in [-0.25, -0.2) is 0 Å². The molecule has 3 aromatic carbocycles. The van der Waals surface area contributed by atoms with Crippen molar-refractivity contribution in [1.82, 2.24) is 15.1 Å². The standard InChI is InChI=1S/C33H33Cl4N3O4/c1-3-39(17-22-6-4-5-7-26(22)34)33(42)32-25(14-23-18-40(20(2)41)19-30(32)38-23)21-8-10-24(11-9-21)43-12-13-44-31-16-28(36)27(35)15-29(31)37/h4-11,15-16,23,30,38H,3,12-14,17-19H2,1-2H3/t23-,30-/m1/s1. The van der Waals surface area contributed by atoms with Gasteiger partial charge in [-0.2, -0.15) is 0 Å². The molecule has 2 heterocycles. The molecule has 2 amide bonds. The summed E-state index contributed by atoms with van der Waals surface area (Å²) in [5.74, 6) is 1.03. The van der Waals surface area contributed by atoms with Crippen molar-refractivity contribution in [2.75, 3.05) is 32.8 Å². The molecular formula is C33H33Cl4N3O4. The molecule has 2 aliphatic rings. The normalized spacial score (nSPS) is 17.8. The van der Waals surface area contributed by atoms with E-state index in [0.717, 1.165) is 16.7 Å². The number of hydrogen-bond donors (Lipinski definition) is 1. The van der Waals surface area contributed by atoms with E-state index >= 15 is 0 Å². The molecule has 0 saturated carbocycles. The molecule has 3 aromatic rings. The van der Waals surface area contributed by atoms with Crippen LogP contribution >= 0.6 is 46.4 Å². The zero-order chi connectivity index (χ0) is 31.4. The lowest BCUT2D eigenvalue weighted by Crippen LogP contribution is -2.61. The van der Waals surface area contributed by atoms with Crippen molar-refractivity contribution in [3.63, 3.8) is 0 Å². The number of nitrogens with zero attached hydrogens (tertiary/aromatic N) is 2. The van der Waals surface area contributed by atoms with E-state index in [2.05, 4.69) is 5.32 Å². The number of carbonyl (C=O) groups is 2. The minimum Gasteiger partial charge on any atom is -0.490 e. The molecule has 0 aromatic heterocycles. The van der Waals surface area contributed by atoms with E-state index in [0.29, 0.717) is 69.8 Å². The quantitative estimate of drug-likeness (QED) is 0.182. The number of likely N-dealkylation sites (N-methyl/N-ethyl adjacent to an activating group) is 1. The third-order valence-electron chi connectivity index (χ3n) is 7.86. The number of nitrogens with one attached hydrogen (secondary N) is 1. The Morgan fingerprint density at radius 3 is 2.32 bits per heavy atom. The number of halogens is 4. The van der Waals surface area contributed by atoms with Gasteiger partial charge >= 0.3 is 0 Å². The third-order valence-corrected chi connectivity index (χ3v) is 9.24. The summed E-state index contributed by atoms with van der Waals surface area (Å²) in [4.78, 5) is 30.2. The fourth-order valence-corrected chi connectivity index (χ4v) is 6.42. The first-order chi connectivity index (χ1) is 21.1. The van der Waals surface area contributed by atoms with Crippen LogP contribution in [0.5, 0.6) is 11.5 Å². The Morgan fingerprint density at radius 1 is 0.909 bits per heavy atom. The van der Waals surface area contributed by atoms with Crippen molar-refractivity contribution >= 4 is 63.8 Å². The molecule has 7 nitrogen and oxygen atoms in total. The summed E-state index contributed by atoms with van der Waals surface area (Å²) in [7, 11) is 0. The predicted octanol–water partition coefficient (Wildman–Crippen LogP) is 7.15. The maximum absolute atomic E-state index is 14.2. The lowest BCUT2D eigenvalue weighted by Gasteiger charge is -2.44. The summed E-state index contributed by atoms with van der Waals surface area (Å²) >= 11 is 24.7. The van der Waals surface area contributed by atoms with Crippen molar-refractivity contribution in [2.45, 2.75) is 38.9 Å². The summed E-state index contributed by atoms with van der Waals surface area (Å²) in [6.45, 7) is 6.00. The second kappa shape index (κ2) is 14.4. The van der Waals surface area contributed by atoms with Crippen LogP contribution in [0.3, 0.4) is 0 Å². The zero-order valence-corrected chi connectivity index (χ0v) is 27.4. The minimum absolute atomic E-state index is 0.00655. The topological polar surface area (TPSA) is 71.1 Å². The van der Waals surface area contributed by atoms with E-state index < -0.39 is 0 Å². The summed E-state index contributed by atoms with van der Waals surface area (Å²) < 4.78 is 11.6. The van der Waals surface area contributed by atoms with Gasteiger partial charge in [-0.05, 0) is 54.3 Å². The van der Waals surface area contributed by atoms with Crippen LogP contribution in [-0.4, -0.2) is 66.5 Å². The van der Waals surface area contributed by atoms with Gasteiger partial charge in [-0.1, -0.05) is 76.7 Å². The first kappa shape index (κ1) is 32.5. The van der Waals surface area contributed by atoms with E-state index in [1.54, 1.807) is 13.0 Å². The first-order valence-electron chi connectivity index (χ1n) is 14.4. The highest BCUT2D eigenvalue weighted by atomic mass is 35.5. The van der Waals surface area contributed by atoms with Gasteiger partial charge < -0.3 is 24.6 Å². The molecule has 232 valence electrons. The van der Waals surface area contributed by atoms with Gasteiger partial charge in [-0.3, -0.25) is 9.59 Å². The molecule has 1 N–H and O–H groups in total. The van der Waals surface area contributed by atoms with Crippen LogP contribution < -0.4 is 14.8 Å². The van der Waals surface area contributed by atoms with Crippen molar-refractivity contribution < 1.29 is 19.1 Å². The Hall–Kier alpha value is -2.94. The van der Waals surface area contributed by atoms with Gasteiger partial charge in [0.2, 0.25) is 5.91 Å². The fourth-order valence-electron chi connectivity index (χ4n) is 5.63. The van der Waals surface area contributed by atoms with E-state index in [1.807, 2.05) is 65.3 Å². The highest BCUT2D eigenvalue weighted by Gasteiger charge is 2.40.